The van der Waals surface area contributed by atoms with Crippen LogP contribution in [0.2, 0.25) is 5.15 Å². The summed E-state index contributed by atoms with van der Waals surface area (Å²) in [5, 5.41) is 11.8. The van der Waals surface area contributed by atoms with E-state index in [2.05, 4.69) is 4.98 Å². The summed E-state index contributed by atoms with van der Waals surface area (Å²) < 4.78 is 0. The van der Waals surface area contributed by atoms with Gasteiger partial charge in [-0.25, -0.2) is 9.98 Å². The van der Waals surface area contributed by atoms with Gasteiger partial charge in [-0.2, -0.15) is 0 Å². The number of carbonyl (C=O) groups excluding carboxylic acids is 1. The van der Waals surface area contributed by atoms with Crippen molar-refractivity contribution in [3.05, 3.63) is 68.3 Å². The molecule has 2 aliphatic rings. The topological polar surface area (TPSA) is 88.7 Å². The van der Waals surface area contributed by atoms with Crippen molar-refractivity contribution < 1.29 is 9.72 Å². The van der Waals surface area contributed by atoms with E-state index < -0.39 is 4.92 Å². The van der Waals surface area contributed by atoms with E-state index in [4.69, 9.17) is 16.6 Å². The largest absolute Gasteiger partial charge is 0.283 e. The van der Waals surface area contributed by atoms with Gasteiger partial charge in [-0.15, -0.1) is 0 Å². The Morgan fingerprint density at radius 3 is 2.58 bits per heavy atom. The number of pyridine rings is 1. The minimum atomic E-state index is -0.436. The number of nitro groups is 1. The Bertz CT molecular complexity index is 1080. The fraction of sp³-hybridized carbons (Fsp3) is 0.318. The highest BCUT2D eigenvalue weighted by Gasteiger charge is 2.40. The second-order valence-corrected chi connectivity index (χ2v) is 8.87. The highest BCUT2D eigenvalue weighted by Crippen LogP contribution is 2.41. The second kappa shape index (κ2) is 9.20. The second-order valence-electron chi connectivity index (χ2n) is 7.53. The normalized spacial score (nSPS) is 20.4. The number of hydrogen-bond acceptors (Lipinski definition) is 6. The van der Waals surface area contributed by atoms with Crippen LogP contribution in [0.5, 0.6) is 0 Å². The maximum atomic E-state index is 13.5. The number of benzene rings is 1. The van der Waals surface area contributed by atoms with Gasteiger partial charge in [-0.05, 0) is 66.9 Å². The first-order valence-electron chi connectivity index (χ1n) is 10.1. The van der Waals surface area contributed by atoms with E-state index in [0.29, 0.717) is 15.8 Å². The molecule has 0 spiro atoms. The van der Waals surface area contributed by atoms with Crippen LogP contribution in [0.15, 0.2) is 52.5 Å². The predicted octanol–water partition coefficient (Wildman–Crippen LogP) is 5.97. The number of rotatable bonds is 4. The van der Waals surface area contributed by atoms with E-state index in [1.165, 1.54) is 30.3 Å². The minimum absolute atomic E-state index is 0.0178. The van der Waals surface area contributed by atoms with Crippen molar-refractivity contribution in [3.63, 3.8) is 0 Å². The van der Waals surface area contributed by atoms with Gasteiger partial charge >= 0.3 is 0 Å². The lowest BCUT2D eigenvalue weighted by molar-refractivity contribution is -0.384. The van der Waals surface area contributed by atoms with Gasteiger partial charge in [-0.3, -0.25) is 19.8 Å². The minimum Gasteiger partial charge on any atom is -0.283 e. The number of halogens is 1. The van der Waals surface area contributed by atoms with E-state index in [-0.39, 0.29) is 22.8 Å². The first-order valence-corrected chi connectivity index (χ1v) is 11.3. The maximum absolute atomic E-state index is 13.5. The fourth-order valence-corrected chi connectivity index (χ4v) is 5.16. The van der Waals surface area contributed by atoms with Gasteiger partial charge in [0.05, 0.1) is 9.83 Å². The van der Waals surface area contributed by atoms with Gasteiger partial charge in [0.2, 0.25) is 0 Å². The molecule has 0 unspecified atom stereocenters. The number of carbonyl (C=O) groups is 1. The molecule has 2 aromatic rings. The standard InChI is InChI=1S/C22H21ClN4O3S/c1-14(15-9-11-17(12-10-15)27(29)30)19-21(28)26(16-6-3-2-4-7-16)22(31-19)25-18-8-5-13-24-20(18)23/h5,8-13,16H,2-4,6-7H2,1H3/b19-14-,25-22?. The number of allylic oxidation sites excluding steroid dienone is 1. The summed E-state index contributed by atoms with van der Waals surface area (Å²) in [5.74, 6) is -0.0773. The van der Waals surface area contributed by atoms with Crippen LogP contribution in [0.4, 0.5) is 11.4 Å². The van der Waals surface area contributed by atoms with Crippen molar-refractivity contribution >= 4 is 51.4 Å². The van der Waals surface area contributed by atoms with Crippen molar-refractivity contribution in [2.24, 2.45) is 4.99 Å². The summed E-state index contributed by atoms with van der Waals surface area (Å²) in [4.78, 5) is 35.2. The molecule has 1 saturated carbocycles. The first-order chi connectivity index (χ1) is 15.0. The summed E-state index contributed by atoms with van der Waals surface area (Å²) >= 11 is 7.53. The summed E-state index contributed by atoms with van der Waals surface area (Å²) in [6, 6.07) is 9.89. The van der Waals surface area contributed by atoms with Crippen LogP contribution in [0.1, 0.15) is 44.6 Å². The zero-order chi connectivity index (χ0) is 22.0. The van der Waals surface area contributed by atoms with E-state index >= 15 is 0 Å². The van der Waals surface area contributed by atoms with Gasteiger partial charge in [0.15, 0.2) is 10.3 Å². The first kappa shape index (κ1) is 21.5. The number of aromatic nitrogens is 1. The Hall–Kier alpha value is -2.71. The molecular weight excluding hydrogens is 436 g/mol. The van der Waals surface area contributed by atoms with Gasteiger partial charge in [0.1, 0.15) is 5.69 Å². The summed E-state index contributed by atoms with van der Waals surface area (Å²) in [5.41, 5.74) is 2.08. The Labute approximate surface area is 189 Å². The smallest absolute Gasteiger partial charge is 0.269 e. The van der Waals surface area contributed by atoms with Crippen molar-refractivity contribution in [2.75, 3.05) is 0 Å². The number of nitrogens with zero attached hydrogens (tertiary/aromatic N) is 4. The Morgan fingerprint density at radius 1 is 1.23 bits per heavy atom. The van der Waals surface area contributed by atoms with Crippen molar-refractivity contribution in [1.29, 1.82) is 0 Å². The lowest BCUT2D eigenvalue weighted by atomic mass is 9.94. The number of thioether (sulfide) groups is 1. The fourth-order valence-electron chi connectivity index (χ4n) is 3.88. The monoisotopic (exact) mass is 456 g/mol. The average molecular weight is 457 g/mol. The third kappa shape index (κ3) is 4.50. The number of non-ortho nitro benzene ring substituents is 1. The number of nitro benzene ring substituents is 1. The average Bonchev–Trinajstić information content (AvgIpc) is 3.11. The Morgan fingerprint density at radius 2 is 1.94 bits per heavy atom. The summed E-state index contributed by atoms with van der Waals surface area (Å²) in [6.07, 6.45) is 6.83. The zero-order valence-corrected chi connectivity index (χ0v) is 18.5. The third-order valence-electron chi connectivity index (χ3n) is 5.56. The number of amidine groups is 1. The molecule has 1 aliphatic carbocycles. The highest BCUT2D eigenvalue weighted by atomic mass is 35.5. The molecule has 0 atom stereocenters. The van der Waals surface area contributed by atoms with Crippen LogP contribution < -0.4 is 0 Å². The lowest BCUT2D eigenvalue weighted by Gasteiger charge is -2.30. The van der Waals surface area contributed by atoms with Crippen LogP contribution >= 0.6 is 23.4 Å². The van der Waals surface area contributed by atoms with Gasteiger partial charge in [-0.1, -0.05) is 30.9 Å². The highest BCUT2D eigenvalue weighted by molar-refractivity contribution is 8.18. The molecule has 1 aromatic carbocycles. The maximum Gasteiger partial charge on any atom is 0.269 e. The molecule has 31 heavy (non-hydrogen) atoms. The molecule has 0 N–H and O–H groups in total. The number of hydrogen-bond donors (Lipinski definition) is 0. The lowest BCUT2D eigenvalue weighted by Crippen LogP contribution is -2.40. The van der Waals surface area contributed by atoms with Crippen LogP contribution in [0, 0.1) is 10.1 Å². The predicted molar refractivity (Wildman–Crippen MR) is 123 cm³/mol. The zero-order valence-electron chi connectivity index (χ0n) is 17.0. The molecule has 9 heteroatoms. The number of aliphatic imine (C=N–C) groups is 1. The van der Waals surface area contributed by atoms with Crippen LogP contribution in [-0.4, -0.2) is 31.9 Å². The van der Waals surface area contributed by atoms with Crippen LogP contribution in [0.3, 0.4) is 0 Å². The molecule has 4 rings (SSSR count). The van der Waals surface area contributed by atoms with Crippen LogP contribution in [0.25, 0.3) is 5.57 Å². The summed E-state index contributed by atoms with van der Waals surface area (Å²) in [7, 11) is 0. The van der Waals surface area contributed by atoms with Gasteiger partial charge < -0.3 is 0 Å². The quantitative estimate of drug-likeness (QED) is 0.244. The molecule has 1 aromatic heterocycles. The molecular formula is C22H21ClN4O3S. The third-order valence-corrected chi connectivity index (χ3v) is 7.01. The van der Waals surface area contributed by atoms with Gasteiger partial charge in [0, 0.05) is 24.4 Å². The van der Waals surface area contributed by atoms with E-state index in [1.54, 1.807) is 35.4 Å². The van der Waals surface area contributed by atoms with Gasteiger partial charge in [0.25, 0.3) is 11.6 Å². The molecule has 2 heterocycles. The number of amides is 1. The molecule has 160 valence electrons. The molecule has 1 saturated heterocycles. The van der Waals surface area contributed by atoms with E-state index in [1.807, 2.05) is 6.92 Å². The summed E-state index contributed by atoms with van der Waals surface area (Å²) in [6.45, 7) is 1.86. The molecule has 1 aliphatic heterocycles. The molecule has 1 amide bonds. The van der Waals surface area contributed by atoms with Crippen molar-refractivity contribution in [3.8, 4) is 0 Å². The molecule has 2 fully saturated rings. The SMILES string of the molecule is C/C(=C1/SC(=Nc2cccnc2Cl)N(C2CCCCC2)C1=O)c1ccc([N+](=O)[O-])cc1. The molecule has 0 bridgehead atoms. The molecule has 7 nitrogen and oxygen atoms in total. The molecule has 0 radical (unpaired) electrons. The van der Waals surface area contributed by atoms with E-state index in [9.17, 15) is 14.9 Å². The van der Waals surface area contributed by atoms with E-state index in [0.717, 1.165) is 36.8 Å². The van der Waals surface area contributed by atoms with Crippen LogP contribution in [-0.2, 0) is 4.79 Å². The Kier molecular flexibility index (Phi) is 6.38. The Balaban J connectivity index is 1.74. The van der Waals surface area contributed by atoms with Crippen molar-refractivity contribution in [2.45, 2.75) is 45.1 Å². The van der Waals surface area contributed by atoms with Crippen molar-refractivity contribution in [1.82, 2.24) is 9.88 Å².